The molecule has 0 saturated carbocycles. The average Bonchev–Trinajstić information content (AvgIpc) is 2.39. The van der Waals surface area contributed by atoms with E-state index in [-0.39, 0.29) is 22.4 Å². The summed E-state index contributed by atoms with van der Waals surface area (Å²) in [4.78, 5) is 23.8. The summed E-state index contributed by atoms with van der Waals surface area (Å²) < 4.78 is 5.99. The first-order chi connectivity index (χ1) is 8.61. The largest absolute Gasteiger partial charge is 0.506 e. The maximum Gasteiger partial charge on any atom is 0.343 e. The summed E-state index contributed by atoms with van der Waals surface area (Å²) in [5.74, 6) is -0.952. The Morgan fingerprint density at radius 3 is 2.78 bits per heavy atom. The van der Waals surface area contributed by atoms with Crippen LogP contribution in [0.1, 0.15) is 22.8 Å². The minimum Gasteiger partial charge on any atom is -0.506 e. The molecule has 0 aromatic carbocycles. The fourth-order valence-corrected chi connectivity index (χ4v) is 1.96. The van der Waals surface area contributed by atoms with Gasteiger partial charge in [-0.15, -0.1) is 0 Å². The summed E-state index contributed by atoms with van der Waals surface area (Å²) in [7, 11) is 1.23. The summed E-state index contributed by atoms with van der Waals surface area (Å²) in [5, 5.41) is 10.1. The van der Waals surface area contributed by atoms with E-state index in [9.17, 15) is 14.7 Å². The highest BCUT2D eigenvalue weighted by Crippen LogP contribution is 2.25. The molecule has 18 heavy (non-hydrogen) atoms. The van der Waals surface area contributed by atoms with Crippen LogP contribution in [0.3, 0.4) is 0 Å². The Bertz CT molecular complexity index is 672. The van der Waals surface area contributed by atoms with Crippen LogP contribution in [0.4, 0.5) is 0 Å². The van der Waals surface area contributed by atoms with E-state index in [1.54, 1.807) is 31.3 Å². The number of nitrogens with zero attached hydrogens (tertiary/aromatic N) is 1. The Morgan fingerprint density at radius 1 is 1.44 bits per heavy atom. The second kappa shape index (κ2) is 4.52. The smallest absolute Gasteiger partial charge is 0.343 e. The van der Waals surface area contributed by atoms with Crippen molar-refractivity contribution in [2.75, 3.05) is 7.11 Å². The van der Waals surface area contributed by atoms with Gasteiger partial charge in [0.15, 0.2) is 0 Å². The number of rotatable bonds is 2. The van der Waals surface area contributed by atoms with Crippen molar-refractivity contribution in [3.05, 3.63) is 45.9 Å². The standard InChI is InChI=1S/C13H13NO4/c1-3-8-11(15)10(13(17)18-2)9-6-4-5-7-14(9)12(8)16/h4-7,15H,3H2,1-2H3. The van der Waals surface area contributed by atoms with Crippen molar-refractivity contribution < 1.29 is 14.6 Å². The van der Waals surface area contributed by atoms with E-state index in [2.05, 4.69) is 4.74 Å². The molecule has 2 aromatic rings. The molecule has 0 fully saturated rings. The van der Waals surface area contributed by atoms with Gasteiger partial charge < -0.3 is 9.84 Å². The third-order valence-corrected chi connectivity index (χ3v) is 2.86. The van der Waals surface area contributed by atoms with Gasteiger partial charge in [0.1, 0.15) is 11.3 Å². The summed E-state index contributed by atoms with van der Waals surface area (Å²) >= 11 is 0. The number of carbonyl (C=O) groups is 1. The third-order valence-electron chi connectivity index (χ3n) is 2.86. The lowest BCUT2D eigenvalue weighted by Crippen LogP contribution is -2.21. The van der Waals surface area contributed by atoms with Crippen LogP contribution in [-0.2, 0) is 11.2 Å². The Hall–Kier alpha value is -2.30. The first-order valence-electron chi connectivity index (χ1n) is 5.55. The molecular weight excluding hydrogens is 234 g/mol. The summed E-state index contributed by atoms with van der Waals surface area (Å²) in [6.45, 7) is 1.74. The predicted molar refractivity (Wildman–Crippen MR) is 66.0 cm³/mol. The van der Waals surface area contributed by atoms with Crippen molar-refractivity contribution in [3.8, 4) is 5.75 Å². The monoisotopic (exact) mass is 247 g/mol. The zero-order valence-electron chi connectivity index (χ0n) is 10.1. The van der Waals surface area contributed by atoms with E-state index in [0.29, 0.717) is 11.9 Å². The molecule has 1 N–H and O–H groups in total. The van der Waals surface area contributed by atoms with Gasteiger partial charge in [-0.2, -0.15) is 0 Å². The number of ether oxygens (including phenoxy) is 1. The molecule has 0 amide bonds. The number of pyridine rings is 2. The second-order valence-corrected chi connectivity index (χ2v) is 3.81. The number of aromatic nitrogens is 1. The molecule has 5 nitrogen and oxygen atoms in total. The predicted octanol–water partition coefficient (Wildman–Crippen LogP) is 1.35. The van der Waals surface area contributed by atoms with Gasteiger partial charge in [0.25, 0.3) is 5.56 Å². The Balaban J connectivity index is 2.99. The molecule has 0 bridgehead atoms. The lowest BCUT2D eigenvalue weighted by atomic mass is 10.1. The van der Waals surface area contributed by atoms with Gasteiger partial charge in [-0.3, -0.25) is 9.20 Å². The van der Waals surface area contributed by atoms with Crippen LogP contribution in [-0.4, -0.2) is 22.6 Å². The minimum atomic E-state index is -0.661. The molecular formula is C13H13NO4. The second-order valence-electron chi connectivity index (χ2n) is 3.81. The van der Waals surface area contributed by atoms with Crippen molar-refractivity contribution in [1.82, 2.24) is 4.40 Å². The maximum absolute atomic E-state index is 12.1. The fraction of sp³-hybridized carbons (Fsp3) is 0.231. The van der Waals surface area contributed by atoms with Crippen LogP contribution in [0.2, 0.25) is 0 Å². The number of hydrogen-bond acceptors (Lipinski definition) is 4. The molecule has 2 aromatic heterocycles. The van der Waals surface area contributed by atoms with E-state index in [0.717, 1.165) is 0 Å². The molecule has 5 heteroatoms. The zero-order valence-corrected chi connectivity index (χ0v) is 10.1. The van der Waals surface area contributed by atoms with Crippen LogP contribution in [0.15, 0.2) is 29.2 Å². The Kier molecular flexibility index (Phi) is 3.06. The highest BCUT2D eigenvalue weighted by Gasteiger charge is 2.21. The van der Waals surface area contributed by atoms with Crippen molar-refractivity contribution in [3.63, 3.8) is 0 Å². The molecule has 0 radical (unpaired) electrons. The van der Waals surface area contributed by atoms with Crippen molar-refractivity contribution in [1.29, 1.82) is 0 Å². The van der Waals surface area contributed by atoms with E-state index < -0.39 is 5.97 Å². The molecule has 0 saturated heterocycles. The van der Waals surface area contributed by atoms with E-state index in [1.807, 2.05) is 0 Å². The van der Waals surface area contributed by atoms with E-state index >= 15 is 0 Å². The molecule has 0 unspecified atom stereocenters. The highest BCUT2D eigenvalue weighted by atomic mass is 16.5. The molecule has 0 spiro atoms. The van der Waals surface area contributed by atoms with Gasteiger partial charge in [-0.25, -0.2) is 4.79 Å². The van der Waals surface area contributed by atoms with Crippen LogP contribution < -0.4 is 5.56 Å². The molecule has 2 heterocycles. The van der Waals surface area contributed by atoms with Gasteiger partial charge in [0.05, 0.1) is 18.2 Å². The van der Waals surface area contributed by atoms with Crippen LogP contribution in [0.5, 0.6) is 5.75 Å². The number of carbonyl (C=O) groups excluding carboxylic acids is 1. The first-order valence-corrected chi connectivity index (χ1v) is 5.55. The van der Waals surface area contributed by atoms with Crippen LogP contribution >= 0.6 is 0 Å². The Labute approximate surface area is 103 Å². The summed E-state index contributed by atoms with van der Waals surface area (Å²) in [6.07, 6.45) is 1.90. The normalized spacial score (nSPS) is 10.6. The lowest BCUT2D eigenvalue weighted by Gasteiger charge is -2.11. The zero-order chi connectivity index (χ0) is 13.3. The Morgan fingerprint density at radius 2 is 2.17 bits per heavy atom. The van der Waals surface area contributed by atoms with Gasteiger partial charge in [-0.1, -0.05) is 13.0 Å². The summed E-state index contributed by atoms with van der Waals surface area (Å²) in [5.41, 5.74) is 0.246. The topological polar surface area (TPSA) is 68.0 Å². The molecule has 0 atom stereocenters. The van der Waals surface area contributed by atoms with Gasteiger partial charge in [0.2, 0.25) is 0 Å². The number of hydrogen-bond donors (Lipinski definition) is 1. The molecule has 2 rings (SSSR count). The SMILES string of the molecule is CCc1c(O)c(C(=O)OC)c2ccccn2c1=O. The summed E-state index contributed by atoms with van der Waals surface area (Å²) in [6, 6.07) is 4.96. The number of fused-ring (bicyclic) bond motifs is 1. The van der Waals surface area contributed by atoms with E-state index in [4.69, 9.17) is 0 Å². The minimum absolute atomic E-state index is 0.0227. The fourth-order valence-electron chi connectivity index (χ4n) is 1.96. The molecule has 94 valence electrons. The maximum atomic E-state index is 12.1. The average molecular weight is 247 g/mol. The molecule has 0 aliphatic rings. The number of esters is 1. The quantitative estimate of drug-likeness (QED) is 0.813. The molecule has 0 aliphatic carbocycles. The number of methoxy groups -OCH3 is 1. The first kappa shape index (κ1) is 12.2. The number of aromatic hydroxyl groups is 1. The van der Waals surface area contributed by atoms with Gasteiger partial charge in [0, 0.05) is 6.20 Å². The van der Waals surface area contributed by atoms with Crippen molar-refractivity contribution >= 4 is 11.5 Å². The van der Waals surface area contributed by atoms with Crippen LogP contribution in [0.25, 0.3) is 5.52 Å². The van der Waals surface area contributed by atoms with Crippen molar-refractivity contribution in [2.24, 2.45) is 0 Å². The van der Waals surface area contributed by atoms with Gasteiger partial charge in [-0.05, 0) is 18.6 Å². The van der Waals surface area contributed by atoms with Gasteiger partial charge >= 0.3 is 5.97 Å². The molecule has 0 aliphatic heterocycles. The van der Waals surface area contributed by atoms with Crippen molar-refractivity contribution in [2.45, 2.75) is 13.3 Å². The lowest BCUT2D eigenvalue weighted by molar-refractivity contribution is 0.0599. The highest BCUT2D eigenvalue weighted by molar-refractivity contribution is 6.00. The van der Waals surface area contributed by atoms with E-state index in [1.165, 1.54) is 11.5 Å². The van der Waals surface area contributed by atoms with Crippen LogP contribution in [0, 0.1) is 0 Å². The third kappa shape index (κ3) is 1.64.